The van der Waals surface area contributed by atoms with Gasteiger partial charge in [-0.05, 0) is 24.3 Å². The molecule has 0 aliphatic heterocycles. The van der Waals surface area contributed by atoms with Crippen LogP contribution in [0.3, 0.4) is 0 Å². The largest absolute Gasteiger partial charge is 0.162 e. The van der Waals surface area contributed by atoms with Gasteiger partial charge in [0.15, 0.2) is 0 Å². The maximum absolute atomic E-state index is 3.86. The molecule has 0 N–H and O–H groups in total. The predicted octanol–water partition coefficient (Wildman–Crippen LogP) is 5.47. The Hall–Kier alpha value is 0.350. The first kappa shape index (κ1) is 15.3. The molecule has 0 spiro atoms. The van der Waals surface area contributed by atoms with E-state index in [1.807, 2.05) is 0 Å². The van der Waals surface area contributed by atoms with Crippen LogP contribution in [0.2, 0.25) is 0 Å². The summed E-state index contributed by atoms with van der Waals surface area (Å²) in [5.41, 5.74) is 0. The molecule has 0 amide bonds. The molecule has 0 saturated heterocycles. The Kier molecular flexibility index (Phi) is 14.7. The molecule has 0 atom stereocenters. The maximum Gasteiger partial charge on any atom is -0.00675 e. The average Bonchev–Trinajstić information content (AvgIpc) is 2.26. The third-order valence-electron chi connectivity index (χ3n) is 2.68. The smallest absolute Gasteiger partial charge is 0.00675 e. The lowest BCUT2D eigenvalue weighted by molar-refractivity contribution is 0.603. The molecule has 0 rings (SSSR count). The molecule has 0 saturated carbocycles. The van der Waals surface area contributed by atoms with E-state index in [9.17, 15) is 0 Å². The van der Waals surface area contributed by atoms with E-state index in [2.05, 4.69) is 25.6 Å². The van der Waals surface area contributed by atoms with Crippen LogP contribution in [0.1, 0.15) is 71.1 Å². The first-order valence-electron chi connectivity index (χ1n) is 6.78. The summed E-state index contributed by atoms with van der Waals surface area (Å²) in [5, 5.41) is 0. The topological polar surface area (TPSA) is 0 Å². The van der Waals surface area contributed by atoms with Crippen LogP contribution < -0.4 is 0 Å². The monoisotopic (exact) mass is 229 g/mol. The summed E-state index contributed by atoms with van der Waals surface area (Å²) >= 11 is 2.13. The Morgan fingerprint density at radius 3 is 1.87 bits per heavy atom. The van der Waals surface area contributed by atoms with Crippen LogP contribution in [0.5, 0.6) is 0 Å². The Balaban J connectivity index is 2.81. The molecular formula is C14H29S. The number of hydrogen-bond acceptors (Lipinski definition) is 1. The van der Waals surface area contributed by atoms with Gasteiger partial charge in [-0.15, -0.1) is 0 Å². The summed E-state index contributed by atoms with van der Waals surface area (Å²) in [5.74, 6) is 2.73. The summed E-state index contributed by atoms with van der Waals surface area (Å²) in [6, 6.07) is 0. The summed E-state index contributed by atoms with van der Waals surface area (Å²) in [6.45, 7) is 6.14. The Morgan fingerprint density at radius 2 is 1.27 bits per heavy atom. The quantitative estimate of drug-likeness (QED) is 0.400. The highest BCUT2D eigenvalue weighted by molar-refractivity contribution is 7.99. The lowest BCUT2D eigenvalue weighted by Crippen LogP contribution is -1.85. The average molecular weight is 229 g/mol. The van der Waals surface area contributed by atoms with Crippen molar-refractivity contribution in [3.63, 3.8) is 0 Å². The van der Waals surface area contributed by atoms with Gasteiger partial charge < -0.3 is 0 Å². The zero-order valence-corrected chi connectivity index (χ0v) is 11.4. The van der Waals surface area contributed by atoms with Crippen LogP contribution >= 0.6 is 11.8 Å². The second kappa shape index (κ2) is 14.3. The molecule has 1 radical (unpaired) electrons. The minimum absolute atomic E-state index is 1.11. The fourth-order valence-electron chi connectivity index (χ4n) is 1.64. The number of unbranched alkanes of at least 4 members (excludes halogenated alkanes) is 8. The molecule has 0 unspecified atom stereocenters. The lowest BCUT2D eigenvalue weighted by Gasteiger charge is -2.01. The molecule has 0 nitrogen and oxygen atoms in total. The van der Waals surface area contributed by atoms with Crippen LogP contribution in [0.25, 0.3) is 0 Å². The van der Waals surface area contributed by atoms with Crippen molar-refractivity contribution in [1.82, 2.24) is 0 Å². The zero-order chi connectivity index (χ0) is 11.2. The SMILES string of the molecule is [CH2]CCCCSCCCCCCCCC. The van der Waals surface area contributed by atoms with E-state index in [0.717, 1.165) is 6.42 Å². The van der Waals surface area contributed by atoms with Crippen molar-refractivity contribution < 1.29 is 0 Å². The van der Waals surface area contributed by atoms with Crippen LogP contribution in [0.15, 0.2) is 0 Å². The molecule has 0 heterocycles. The van der Waals surface area contributed by atoms with E-state index in [1.165, 1.54) is 69.3 Å². The highest BCUT2D eigenvalue weighted by Gasteiger charge is 1.92. The molecule has 0 aliphatic rings. The summed E-state index contributed by atoms with van der Waals surface area (Å²) < 4.78 is 0. The molecule has 15 heavy (non-hydrogen) atoms. The molecule has 0 aromatic heterocycles. The highest BCUT2D eigenvalue weighted by Crippen LogP contribution is 2.12. The first-order valence-corrected chi connectivity index (χ1v) is 7.94. The molecule has 0 fully saturated rings. The fraction of sp³-hybridized carbons (Fsp3) is 0.929. The molecule has 0 aliphatic carbocycles. The minimum atomic E-state index is 1.11. The Labute approximate surface area is 102 Å². The van der Waals surface area contributed by atoms with Gasteiger partial charge in [0.05, 0.1) is 0 Å². The normalized spacial score (nSPS) is 10.8. The van der Waals surface area contributed by atoms with E-state index in [4.69, 9.17) is 0 Å². The van der Waals surface area contributed by atoms with Crippen molar-refractivity contribution in [3.8, 4) is 0 Å². The van der Waals surface area contributed by atoms with Gasteiger partial charge in [0.25, 0.3) is 0 Å². The van der Waals surface area contributed by atoms with Crippen molar-refractivity contribution in [3.05, 3.63) is 6.92 Å². The summed E-state index contributed by atoms with van der Waals surface area (Å²) in [6.07, 6.45) is 13.8. The Bertz CT molecular complexity index is 89.5. The van der Waals surface area contributed by atoms with Crippen LogP contribution in [0, 0.1) is 6.92 Å². The van der Waals surface area contributed by atoms with E-state index in [-0.39, 0.29) is 0 Å². The molecule has 91 valence electrons. The van der Waals surface area contributed by atoms with Gasteiger partial charge in [-0.2, -0.15) is 11.8 Å². The molecule has 0 bridgehead atoms. The van der Waals surface area contributed by atoms with Gasteiger partial charge in [-0.3, -0.25) is 0 Å². The van der Waals surface area contributed by atoms with Crippen molar-refractivity contribution in [2.45, 2.75) is 71.1 Å². The number of hydrogen-bond donors (Lipinski definition) is 0. The maximum atomic E-state index is 3.86. The van der Waals surface area contributed by atoms with Gasteiger partial charge in [0.1, 0.15) is 0 Å². The highest BCUT2D eigenvalue weighted by atomic mass is 32.2. The van der Waals surface area contributed by atoms with Crippen molar-refractivity contribution >= 4 is 11.8 Å². The number of rotatable bonds is 12. The zero-order valence-electron chi connectivity index (χ0n) is 10.6. The standard InChI is InChI=1S/C14H29S/c1-3-5-7-8-9-10-12-14-15-13-11-6-4-2/h2-14H2,1H3. The lowest BCUT2D eigenvalue weighted by atomic mass is 10.1. The van der Waals surface area contributed by atoms with Gasteiger partial charge in [-0.1, -0.05) is 65.2 Å². The first-order chi connectivity index (χ1) is 7.41. The molecule has 1 heteroatoms. The van der Waals surface area contributed by atoms with Crippen molar-refractivity contribution in [1.29, 1.82) is 0 Å². The second-order valence-electron chi connectivity index (χ2n) is 4.29. The van der Waals surface area contributed by atoms with Crippen molar-refractivity contribution in [2.24, 2.45) is 0 Å². The minimum Gasteiger partial charge on any atom is -0.162 e. The summed E-state index contributed by atoms with van der Waals surface area (Å²) in [4.78, 5) is 0. The second-order valence-corrected chi connectivity index (χ2v) is 5.52. The van der Waals surface area contributed by atoms with Gasteiger partial charge in [0, 0.05) is 0 Å². The third-order valence-corrected chi connectivity index (χ3v) is 3.84. The third kappa shape index (κ3) is 14.4. The van der Waals surface area contributed by atoms with E-state index < -0.39 is 0 Å². The van der Waals surface area contributed by atoms with Crippen molar-refractivity contribution in [2.75, 3.05) is 11.5 Å². The summed E-state index contributed by atoms with van der Waals surface area (Å²) in [7, 11) is 0. The van der Waals surface area contributed by atoms with Gasteiger partial charge >= 0.3 is 0 Å². The molecule has 0 aromatic rings. The molecular weight excluding hydrogens is 200 g/mol. The van der Waals surface area contributed by atoms with Crippen LogP contribution in [0.4, 0.5) is 0 Å². The fourth-order valence-corrected chi connectivity index (χ4v) is 2.66. The molecule has 0 aromatic carbocycles. The predicted molar refractivity (Wildman–Crippen MR) is 74.5 cm³/mol. The number of thioether (sulfide) groups is 1. The van der Waals surface area contributed by atoms with Gasteiger partial charge in [0.2, 0.25) is 0 Å². The Morgan fingerprint density at radius 1 is 0.733 bits per heavy atom. The van der Waals surface area contributed by atoms with Crippen LogP contribution in [-0.4, -0.2) is 11.5 Å². The van der Waals surface area contributed by atoms with Crippen LogP contribution in [-0.2, 0) is 0 Å². The van der Waals surface area contributed by atoms with Gasteiger partial charge in [-0.25, -0.2) is 0 Å². The van der Waals surface area contributed by atoms with E-state index in [0.29, 0.717) is 0 Å². The van der Waals surface area contributed by atoms with E-state index >= 15 is 0 Å². The van der Waals surface area contributed by atoms with E-state index in [1.54, 1.807) is 0 Å².